The van der Waals surface area contributed by atoms with Crippen LogP contribution in [0.3, 0.4) is 0 Å². The summed E-state index contributed by atoms with van der Waals surface area (Å²) >= 11 is 6.36. The van der Waals surface area contributed by atoms with Gasteiger partial charge in [0.2, 0.25) is 5.91 Å². The van der Waals surface area contributed by atoms with Gasteiger partial charge in [-0.2, -0.15) is 18.4 Å². The van der Waals surface area contributed by atoms with Gasteiger partial charge >= 0.3 is 6.18 Å². The highest BCUT2D eigenvalue weighted by atomic mass is 35.5. The number of hydrogen-bond acceptors (Lipinski definition) is 6. The average Bonchev–Trinajstić information content (AvgIpc) is 3.10. The minimum atomic E-state index is -4.64. The zero-order chi connectivity index (χ0) is 24.8. The second kappa shape index (κ2) is 11.0. The number of benzene rings is 1. The summed E-state index contributed by atoms with van der Waals surface area (Å²) in [6.07, 6.45) is -3.29. The molecule has 2 N–H and O–H groups in total. The molecule has 0 fully saturated rings. The third-order valence-electron chi connectivity index (χ3n) is 4.32. The van der Waals surface area contributed by atoms with E-state index in [1.807, 2.05) is 0 Å². The number of hydrogen-bond donors (Lipinski definition) is 2. The highest BCUT2D eigenvalue weighted by Crippen LogP contribution is 2.18. The Kier molecular flexibility index (Phi) is 8.67. The lowest BCUT2D eigenvalue weighted by Gasteiger charge is -2.16. The van der Waals surface area contributed by atoms with E-state index in [9.17, 15) is 32.8 Å². The van der Waals surface area contributed by atoms with Crippen LogP contribution in [-0.4, -0.2) is 42.0 Å². The maximum absolute atomic E-state index is 12.7. The van der Waals surface area contributed by atoms with Crippen molar-refractivity contribution in [2.24, 2.45) is 0 Å². The Labute approximate surface area is 195 Å². The third kappa shape index (κ3) is 6.59. The van der Waals surface area contributed by atoms with E-state index in [0.29, 0.717) is 11.4 Å². The zero-order valence-corrected chi connectivity index (χ0v) is 19.1. The number of nitrogens with zero attached hydrogens (tertiary/aromatic N) is 3. The van der Waals surface area contributed by atoms with Crippen LogP contribution in [0.4, 0.5) is 24.5 Å². The first-order chi connectivity index (χ1) is 15.5. The van der Waals surface area contributed by atoms with Crippen LogP contribution in [-0.2, 0) is 16.1 Å². The van der Waals surface area contributed by atoms with Crippen molar-refractivity contribution in [2.45, 2.75) is 19.6 Å². The van der Waals surface area contributed by atoms with Crippen LogP contribution >= 0.6 is 22.9 Å². The van der Waals surface area contributed by atoms with Crippen molar-refractivity contribution in [3.05, 3.63) is 43.8 Å². The third-order valence-corrected chi connectivity index (χ3v) is 5.68. The standard InChI is InChI=1S/C20H19ClF3N5O3S/c1-3-29-18(32)15(33-19(29)14(9-25)17(31)27-11-20(22,23)24)10-26-12-5-4-6-13(7-12)28(2)16(30)8-21/h4-7,10,26H,3,8,11H2,1-2H3,(H,27,31)/b15-10+,19-14-. The van der Waals surface area contributed by atoms with Crippen LogP contribution in [0.1, 0.15) is 6.92 Å². The Balaban J connectivity index is 2.45. The Morgan fingerprint density at radius 1 is 1.36 bits per heavy atom. The molecule has 1 heterocycles. The quantitative estimate of drug-likeness (QED) is 0.557. The molecule has 176 valence electrons. The number of nitriles is 1. The molecule has 0 bridgehead atoms. The molecule has 33 heavy (non-hydrogen) atoms. The summed E-state index contributed by atoms with van der Waals surface area (Å²) in [5, 5.41) is 13.9. The molecule has 2 rings (SSSR count). The molecule has 0 saturated heterocycles. The smallest absolute Gasteiger partial charge is 0.360 e. The number of carbonyl (C=O) groups excluding carboxylic acids is 2. The Hall–Kier alpha value is -3.30. The van der Waals surface area contributed by atoms with Gasteiger partial charge in [0, 0.05) is 31.2 Å². The van der Waals surface area contributed by atoms with Gasteiger partial charge in [0.15, 0.2) is 5.57 Å². The van der Waals surface area contributed by atoms with E-state index in [2.05, 4.69) is 5.32 Å². The van der Waals surface area contributed by atoms with Gasteiger partial charge in [0.05, 0.1) is 0 Å². The molecular weight excluding hydrogens is 483 g/mol. The highest BCUT2D eigenvalue weighted by molar-refractivity contribution is 7.07. The number of halogens is 4. The first-order valence-corrected chi connectivity index (χ1v) is 10.8. The summed E-state index contributed by atoms with van der Waals surface area (Å²) in [7, 11) is 1.56. The zero-order valence-electron chi connectivity index (χ0n) is 17.5. The molecule has 8 nitrogen and oxygen atoms in total. The van der Waals surface area contributed by atoms with Crippen LogP contribution in [0.2, 0.25) is 0 Å². The number of aromatic nitrogens is 1. The summed E-state index contributed by atoms with van der Waals surface area (Å²) in [4.78, 5) is 38.0. The van der Waals surface area contributed by atoms with Crippen LogP contribution in [0.25, 0.3) is 11.8 Å². The van der Waals surface area contributed by atoms with Crippen molar-refractivity contribution in [2.75, 3.05) is 29.7 Å². The number of carbonyl (C=O) groups is 2. The second-order valence-corrected chi connectivity index (χ2v) is 7.83. The predicted octanol–water partition coefficient (Wildman–Crippen LogP) is 1.33. The molecule has 1 aromatic carbocycles. The number of rotatable bonds is 7. The van der Waals surface area contributed by atoms with Crippen LogP contribution in [0, 0.1) is 11.3 Å². The Bertz CT molecular complexity index is 1260. The van der Waals surface area contributed by atoms with Crippen molar-refractivity contribution >= 4 is 57.9 Å². The number of anilines is 2. The second-order valence-electron chi connectivity index (χ2n) is 6.53. The monoisotopic (exact) mass is 501 g/mol. The number of alkyl halides is 4. The van der Waals surface area contributed by atoms with Gasteiger partial charge in [-0.3, -0.25) is 19.0 Å². The van der Waals surface area contributed by atoms with E-state index in [1.54, 1.807) is 49.6 Å². The van der Waals surface area contributed by atoms with Crippen molar-refractivity contribution in [1.29, 1.82) is 5.26 Å². The molecule has 2 amide bonds. The lowest BCUT2D eigenvalue weighted by atomic mass is 10.2. The number of thiazole rings is 1. The summed E-state index contributed by atoms with van der Waals surface area (Å²) in [6.45, 7) is 0.0952. The van der Waals surface area contributed by atoms with E-state index in [1.165, 1.54) is 11.1 Å². The maximum Gasteiger partial charge on any atom is 0.405 e. The molecule has 0 spiro atoms. The topological polar surface area (TPSA) is 107 Å². The first kappa shape index (κ1) is 26.0. The molecule has 0 unspecified atom stereocenters. The predicted molar refractivity (Wildman–Crippen MR) is 120 cm³/mol. The van der Waals surface area contributed by atoms with Gasteiger partial charge in [-0.25, -0.2) is 0 Å². The molecule has 0 saturated carbocycles. The SMILES string of the molecule is CCn1c(=O)/c(=C\Nc2cccc(N(C)C(=O)CCl)c2)s/c1=C(/C#N)C(=O)NCC(F)(F)F. The minimum Gasteiger partial charge on any atom is -0.360 e. The molecule has 0 atom stereocenters. The van der Waals surface area contributed by atoms with E-state index in [4.69, 9.17) is 11.6 Å². The van der Waals surface area contributed by atoms with Crippen molar-refractivity contribution in [3.8, 4) is 6.07 Å². The van der Waals surface area contributed by atoms with Gasteiger partial charge in [0.1, 0.15) is 27.7 Å². The molecule has 0 aliphatic rings. The van der Waals surface area contributed by atoms with Gasteiger partial charge in [-0.15, -0.1) is 22.9 Å². The van der Waals surface area contributed by atoms with Crippen molar-refractivity contribution in [3.63, 3.8) is 0 Å². The summed E-state index contributed by atoms with van der Waals surface area (Å²) in [6, 6.07) is 8.28. The molecule has 0 aliphatic carbocycles. The average molecular weight is 502 g/mol. The number of nitrogens with one attached hydrogen (secondary N) is 2. The maximum atomic E-state index is 12.7. The fourth-order valence-electron chi connectivity index (χ4n) is 2.64. The first-order valence-electron chi connectivity index (χ1n) is 9.40. The van der Waals surface area contributed by atoms with Crippen LogP contribution < -0.4 is 30.3 Å². The van der Waals surface area contributed by atoms with Crippen LogP contribution in [0.5, 0.6) is 0 Å². The molecule has 1 aromatic heterocycles. The fourth-order valence-corrected chi connectivity index (χ4v) is 3.91. The minimum absolute atomic E-state index is 0.0566. The normalized spacial score (nSPS) is 12.7. The highest BCUT2D eigenvalue weighted by Gasteiger charge is 2.28. The lowest BCUT2D eigenvalue weighted by molar-refractivity contribution is -0.135. The van der Waals surface area contributed by atoms with Gasteiger partial charge in [0.25, 0.3) is 11.5 Å². The lowest BCUT2D eigenvalue weighted by Crippen LogP contribution is -2.37. The molecule has 13 heteroatoms. The van der Waals surface area contributed by atoms with E-state index in [-0.39, 0.29) is 27.5 Å². The molecule has 2 aromatic rings. The van der Waals surface area contributed by atoms with Crippen LogP contribution in [0.15, 0.2) is 29.1 Å². The summed E-state index contributed by atoms with van der Waals surface area (Å²) < 4.78 is 38.4. The Morgan fingerprint density at radius 2 is 2.06 bits per heavy atom. The van der Waals surface area contributed by atoms with Gasteiger partial charge in [-0.1, -0.05) is 6.07 Å². The van der Waals surface area contributed by atoms with Crippen molar-refractivity contribution in [1.82, 2.24) is 9.88 Å². The Morgan fingerprint density at radius 3 is 2.64 bits per heavy atom. The van der Waals surface area contributed by atoms with E-state index in [0.717, 1.165) is 15.9 Å². The summed E-state index contributed by atoms with van der Waals surface area (Å²) in [5.74, 6) is -1.73. The van der Waals surface area contributed by atoms with Gasteiger partial charge in [-0.05, 0) is 25.1 Å². The fraction of sp³-hybridized carbons (Fsp3) is 0.300. The van der Waals surface area contributed by atoms with Gasteiger partial charge < -0.3 is 15.5 Å². The number of amides is 2. The summed E-state index contributed by atoms with van der Waals surface area (Å²) in [5.41, 5.74) is -0.0251. The van der Waals surface area contributed by atoms with E-state index >= 15 is 0 Å². The van der Waals surface area contributed by atoms with Crippen molar-refractivity contribution < 1.29 is 22.8 Å². The molecular formula is C20H19ClF3N5O3S. The molecule has 0 aliphatic heterocycles. The molecule has 0 radical (unpaired) electrons. The van der Waals surface area contributed by atoms with E-state index < -0.39 is 29.8 Å². The largest absolute Gasteiger partial charge is 0.405 e.